The van der Waals surface area contributed by atoms with Crippen molar-refractivity contribution in [3.63, 3.8) is 0 Å². The quantitative estimate of drug-likeness (QED) is 0.785. The summed E-state index contributed by atoms with van der Waals surface area (Å²) in [6.45, 7) is -0.228. The fourth-order valence-corrected chi connectivity index (χ4v) is 1.89. The summed E-state index contributed by atoms with van der Waals surface area (Å²) in [6, 6.07) is 6.26. The monoisotopic (exact) mass is 244 g/mol. The van der Waals surface area contributed by atoms with Crippen molar-refractivity contribution in [1.29, 1.82) is 0 Å². The highest BCUT2D eigenvalue weighted by Gasteiger charge is 2.18. The number of rotatable bonds is 4. The lowest BCUT2D eigenvalue weighted by atomic mass is 10.1. The minimum Gasteiger partial charge on any atom is -0.394 e. The van der Waals surface area contributed by atoms with Gasteiger partial charge in [0.15, 0.2) is 0 Å². The second-order valence-electron chi connectivity index (χ2n) is 3.58. The molecule has 0 aromatic heterocycles. The third-order valence-electron chi connectivity index (χ3n) is 2.37. The fraction of sp³-hybridized carbons (Fsp3) is 0.400. The zero-order chi connectivity index (χ0) is 12.3. The van der Waals surface area contributed by atoms with Gasteiger partial charge in [-0.25, -0.2) is 8.42 Å². The first-order valence-corrected chi connectivity index (χ1v) is 6.62. The van der Waals surface area contributed by atoms with Crippen molar-refractivity contribution in [2.75, 3.05) is 24.2 Å². The highest BCUT2D eigenvalue weighted by Crippen LogP contribution is 2.25. The Morgan fingerprint density at radius 1 is 1.44 bits per heavy atom. The SMILES string of the molecule is CN(c1ccccc1C(N)CO)S(C)(=O)=O. The average molecular weight is 244 g/mol. The number of hydrogen-bond acceptors (Lipinski definition) is 4. The number of aliphatic hydroxyl groups excluding tert-OH is 1. The summed E-state index contributed by atoms with van der Waals surface area (Å²) in [5, 5.41) is 9.00. The molecule has 1 unspecified atom stereocenters. The molecule has 0 saturated heterocycles. The molecular formula is C10H16N2O3S. The topological polar surface area (TPSA) is 83.6 Å². The molecule has 0 heterocycles. The van der Waals surface area contributed by atoms with Crippen molar-refractivity contribution in [3.8, 4) is 0 Å². The van der Waals surface area contributed by atoms with E-state index >= 15 is 0 Å². The molecule has 0 aliphatic rings. The number of nitrogens with two attached hydrogens (primary N) is 1. The van der Waals surface area contributed by atoms with Gasteiger partial charge in [0.2, 0.25) is 10.0 Å². The number of aliphatic hydroxyl groups is 1. The Morgan fingerprint density at radius 2 is 2.00 bits per heavy atom. The molecule has 0 bridgehead atoms. The summed E-state index contributed by atoms with van der Waals surface area (Å²) >= 11 is 0. The zero-order valence-electron chi connectivity index (χ0n) is 9.29. The van der Waals surface area contributed by atoms with Gasteiger partial charge in [0, 0.05) is 7.05 Å². The maximum absolute atomic E-state index is 11.4. The third-order valence-corrected chi connectivity index (χ3v) is 3.56. The smallest absolute Gasteiger partial charge is 0.232 e. The molecule has 5 nitrogen and oxygen atoms in total. The Morgan fingerprint density at radius 3 is 2.50 bits per heavy atom. The van der Waals surface area contributed by atoms with Gasteiger partial charge in [-0.05, 0) is 11.6 Å². The largest absolute Gasteiger partial charge is 0.394 e. The summed E-state index contributed by atoms with van der Waals surface area (Å²) in [4.78, 5) is 0. The predicted octanol–water partition coefficient (Wildman–Crippen LogP) is 0.0745. The Bertz CT molecular complexity index is 459. The van der Waals surface area contributed by atoms with E-state index in [-0.39, 0.29) is 6.61 Å². The molecule has 1 atom stereocenters. The van der Waals surface area contributed by atoms with Crippen molar-refractivity contribution in [2.45, 2.75) is 6.04 Å². The van der Waals surface area contributed by atoms with Crippen LogP contribution >= 0.6 is 0 Å². The van der Waals surface area contributed by atoms with Gasteiger partial charge < -0.3 is 10.8 Å². The Balaban J connectivity index is 3.24. The minimum absolute atomic E-state index is 0.228. The predicted molar refractivity (Wildman–Crippen MR) is 63.7 cm³/mol. The summed E-state index contributed by atoms with van der Waals surface area (Å²) in [7, 11) is -1.87. The van der Waals surface area contributed by atoms with Gasteiger partial charge >= 0.3 is 0 Å². The van der Waals surface area contributed by atoms with Crippen LogP contribution in [0.3, 0.4) is 0 Å². The molecule has 0 fully saturated rings. The van der Waals surface area contributed by atoms with Gasteiger partial charge in [0.1, 0.15) is 0 Å². The second kappa shape index (κ2) is 4.82. The standard InChI is InChI=1S/C10H16N2O3S/c1-12(16(2,14)15)10-6-4-3-5-8(10)9(11)7-13/h3-6,9,13H,7,11H2,1-2H3. The van der Waals surface area contributed by atoms with Gasteiger partial charge in [-0.1, -0.05) is 18.2 Å². The molecule has 1 aromatic rings. The van der Waals surface area contributed by atoms with Crippen molar-refractivity contribution in [3.05, 3.63) is 29.8 Å². The summed E-state index contributed by atoms with van der Waals surface area (Å²) in [5.41, 5.74) is 6.81. The molecule has 0 amide bonds. The van der Waals surface area contributed by atoms with Crippen LogP contribution in [0.5, 0.6) is 0 Å². The summed E-state index contributed by atoms with van der Waals surface area (Å²) in [5.74, 6) is 0. The molecule has 3 N–H and O–H groups in total. The maximum Gasteiger partial charge on any atom is 0.232 e. The van der Waals surface area contributed by atoms with Crippen molar-refractivity contribution in [1.82, 2.24) is 0 Å². The first-order valence-electron chi connectivity index (χ1n) is 4.77. The van der Waals surface area contributed by atoms with E-state index in [2.05, 4.69) is 0 Å². The molecule has 16 heavy (non-hydrogen) atoms. The highest BCUT2D eigenvalue weighted by molar-refractivity contribution is 7.92. The number of anilines is 1. The normalized spacial score (nSPS) is 13.5. The van der Waals surface area contributed by atoms with E-state index in [1.54, 1.807) is 24.3 Å². The average Bonchev–Trinajstić information content (AvgIpc) is 2.25. The van der Waals surface area contributed by atoms with Crippen LogP contribution in [0.4, 0.5) is 5.69 Å². The van der Waals surface area contributed by atoms with Crippen LogP contribution in [0.15, 0.2) is 24.3 Å². The summed E-state index contributed by atoms with van der Waals surface area (Å²) < 4.78 is 24.0. The molecular weight excluding hydrogens is 228 g/mol. The molecule has 0 aliphatic heterocycles. The van der Waals surface area contributed by atoms with E-state index in [1.807, 2.05) is 0 Å². The third kappa shape index (κ3) is 2.72. The molecule has 0 saturated carbocycles. The number of benzene rings is 1. The van der Waals surface area contributed by atoms with Crippen molar-refractivity contribution >= 4 is 15.7 Å². The van der Waals surface area contributed by atoms with Gasteiger partial charge in [-0.15, -0.1) is 0 Å². The van der Waals surface area contributed by atoms with Crippen molar-refractivity contribution in [2.24, 2.45) is 5.73 Å². The lowest BCUT2D eigenvalue weighted by Crippen LogP contribution is -2.27. The Kier molecular flexibility index (Phi) is 3.90. The molecule has 90 valence electrons. The first kappa shape index (κ1) is 13.0. The fourth-order valence-electron chi connectivity index (χ4n) is 1.36. The lowest BCUT2D eigenvalue weighted by molar-refractivity contribution is 0.268. The highest BCUT2D eigenvalue weighted by atomic mass is 32.2. The molecule has 1 aromatic carbocycles. The van der Waals surface area contributed by atoms with E-state index in [1.165, 1.54) is 7.05 Å². The van der Waals surface area contributed by atoms with Crippen molar-refractivity contribution < 1.29 is 13.5 Å². The number of nitrogens with zero attached hydrogens (tertiary/aromatic N) is 1. The Hall–Kier alpha value is -1.11. The van der Waals surface area contributed by atoms with E-state index in [0.717, 1.165) is 10.6 Å². The first-order chi connectivity index (χ1) is 7.38. The molecule has 1 rings (SSSR count). The molecule has 0 spiro atoms. The lowest BCUT2D eigenvalue weighted by Gasteiger charge is -2.22. The van der Waals surface area contributed by atoms with E-state index in [0.29, 0.717) is 11.3 Å². The number of hydrogen-bond donors (Lipinski definition) is 2. The van der Waals surface area contributed by atoms with Gasteiger partial charge in [-0.2, -0.15) is 0 Å². The zero-order valence-corrected chi connectivity index (χ0v) is 10.1. The molecule has 0 radical (unpaired) electrons. The van der Waals surface area contributed by atoms with Crippen LogP contribution < -0.4 is 10.0 Å². The summed E-state index contributed by atoms with van der Waals surface area (Å²) in [6.07, 6.45) is 1.12. The maximum atomic E-state index is 11.4. The number of para-hydroxylation sites is 1. The number of sulfonamides is 1. The second-order valence-corrected chi connectivity index (χ2v) is 5.59. The van der Waals surface area contributed by atoms with Gasteiger partial charge in [-0.3, -0.25) is 4.31 Å². The van der Waals surface area contributed by atoms with Crippen LogP contribution in [-0.4, -0.2) is 33.4 Å². The molecule has 0 aliphatic carbocycles. The Labute approximate surface area is 95.5 Å². The van der Waals surface area contributed by atoms with Gasteiger partial charge in [0.25, 0.3) is 0 Å². The van der Waals surface area contributed by atoms with Crippen LogP contribution in [0.2, 0.25) is 0 Å². The van der Waals surface area contributed by atoms with Crippen LogP contribution in [0.1, 0.15) is 11.6 Å². The van der Waals surface area contributed by atoms with Gasteiger partial charge in [0.05, 0.1) is 24.6 Å². The van der Waals surface area contributed by atoms with E-state index < -0.39 is 16.1 Å². The molecule has 6 heteroatoms. The van der Waals surface area contributed by atoms with E-state index in [9.17, 15) is 8.42 Å². The minimum atomic E-state index is -3.32. The van der Waals surface area contributed by atoms with Crippen LogP contribution in [-0.2, 0) is 10.0 Å². The van der Waals surface area contributed by atoms with Crippen LogP contribution in [0.25, 0.3) is 0 Å². The van der Waals surface area contributed by atoms with Crippen LogP contribution in [0, 0.1) is 0 Å². The van der Waals surface area contributed by atoms with E-state index in [4.69, 9.17) is 10.8 Å².